The summed E-state index contributed by atoms with van der Waals surface area (Å²) in [6.45, 7) is 2.50. The second-order valence-electron chi connectivity index (χ2n) is 6.45. The van der Waals surface area contributed by atoms with Gasteiger partial charge in [-0.05, 0) is 36.6 Å². The van der Waals surface area contributed by atoms with Crippen LogP contribution in [0, 0.1) is 0 Å². The fraction of sp³-hybridized carbons (Fsp3) is 0.316. The molecule has 0 radical (unpaired) electrons. The highest BCUT2D eigenvalue weighted by Crippen LogP contribution is 2.34. The molecule has 0 saturated heterocycles. The minimum Gasteiger partial charge on any atom is -0.389 e. The lowest BCUT2D eigenvalue weighted by molar-refractivity contribution is -0.126. The van der Waals surface area contributed by atoms with E-state index in [0.717, 1.165) is 34.5 Å². The van der Waals surface area contributed by atoms with Crippen LogP contribution in [0.4, 0.5) is 0 Å². The summed E-state index contributed by atoms with van der Waals surface area (Å²) in [6, 6.07) is 7.78. The molecule has 6 nitrogen and oxygen atoms in total. The maximum Gasteiger partial charge on any atom is 0.248 e. The first kappa shape index (κ1) is 15.8. The van der Waals surface area contributed by atoms with Crippen molar-refractivity contribution in [2.75, 3.05) is 13.1 Å². The van der Waals surface area contributed by atoms with Crippen molar-refractivity contribution in [3.63, 3.8) is 0 Å². The Labute approximate surface area is 146 Å². The zero-order valence-corrected chi connectivity index (χ0v) is 14.3. The summed E-state index contributed by atoms with van der Waals surface area (Å²) < 4.78 is 1.72. The highest BCUT2D eigenvalue weighted by molar-refractivity contribution is 6.14. The summed E-state index contributed by atoms with van der Waals surface area (Å²) in [6.07, 6.45) is 4.00. The molecule has 2 aromatic rings. The Bertz CT molecular complexity index is 908. The number of carbonyl (C=O) groups is 1. The molecule has 128 valence electrons. The molecule has 4 rings (SSSR count). The van der Waals surface area contributed by atoms with Crippen LogP contribution in [0.2, 0.25) is 0 Å². The van der Waals surface area contributed by atoms with Crippen LogP contribution in [0.25, 0.3) is 5.70 Å². The van der Waals surface area contributed by atoms with E-state index >= 15 is 0 Å². The number of aryl methyl sites for hydroxylation is 1. The summed E-state index contributed by atoms with van der Waals surface area (Å²) in [7, 11) is 1.86. The summed E-state index contributed by atoms with van der Waals surface area (Å²) in [5.41, 5.74) is 5.32. The van der Waals surface area contributed by atoms with Crippen molar-refractivity contribution in [3.05, 3.63) is 58.9 Å². The molecule has 1 aromatic carbocycles. The van der Waals surface area contributed by atoms with E-state index in [1.807, 2.05) is 43.6 Å². The minimum absolute atomic E-state index is 0.00900. The highest BCUT2D eigenvalue weighted by Gasteiger charge is 2.30. The van der Waals surface area contributed by atoms with Gasteiger partial charge < -0.3 is 10.0 Å². The lowest BCUT2D eigenvalue weighted by Gasteiger charge is -2.32. The van der Waals surface area contributed by atoms with E-state index in [0.29, 0.717) is 12.3 Å². The van der Waals surface area contributed by atoms with Crippen molar-refractivity contribution in [2.45, 2.75) is 19.4 Å². The molecule has 1 aromatic heterocycles. The van der Waals surface area contributed by atoms with Crippen LogP contribution in [-0.2, 0) is 18.3 Å². The molecule has 0 spiro atoms. The molecule has 0 bridgehead atoms. The number of fused-ring (bicyclic) bond motifs is 3. The molecule has 0 fully saturated rings. The lowest BCUT2D eigenvalue weighted by atomic mass is 9.89. The first-order valence-electron chi connectivity index (χ1n) is 8.41. The minimum atomic E-state index is -0.535. The third-order valence-corrected chi connectivity index (χ3v) is 4.75. The van der Waals surface area contributed by atoms with Gasteiger partial charge in [-0.25, -0.2) is 0 Å². The second kappa shape index (κ2) is 5.97. The number of hydrogen-bond donors (Lipinski definition) is 1. The van der Waals surface area contributed by atoms with Gasteiger partial charge in [0.05, 0.1) is 17.5 Å². The van der Waals surface area contributed by atoms with Gasteiger partial charge in [0.1, 0.15) is 12.2 Å². The molecule has 6 heteroatoms. The number of aliphatic hydroxyl groups excluding tert-OH is 1. The van der Waals surface area contributed by atoms with Gasteiger partial charge in [0.2, 0.25) is 5.91 Å². The first-order chi connectivity index (χ1) is 12.0. The first-order valence-corrected chi connectivity index (χ1v) is 8.41. The number of rotatable bonds is 2. The number of allylic oxidation sites excluding steroid dienone is 1. The van der Waals surface area contributed by atoms with Gasteiger partial charge in [-0.1, -0.05) is 18.2 Å². The van der Waals surface area contributed by atoms with E-state index in [-0.39, 0.29) is 12.5 Å². The third kappa shape index (κ3) is 2.68. The van der Waals surface area contributed by atoms with E-state index in [1.165, 1.54) is 0 Å². The fourth-order valence-corrected chi connectivity index (χ4v) is 3.54. The van der Waals surface area contributed by atoms with Crippen LogP contribution in [0.1, 0.15) is 35.4 Å². The topological polar surface area (TPSA) is 70.7 Å². The number of benzene rings is 1. The summed E-state index contributed by atoms with van der Waals surface area (Å²) >= 11 is 0. The van der Waals surface area contributed by atoms with Crippen LogP contribution in [0.3, 0.4) is 0 Å². The fourth-order valence-electron chi connectivity index (χ4n) is 3.54. The molecule has 1 atom stereocenters. The van der Waals surface area contributed by atoms with Crippen molar-refractivity contribution in [1.82, 2.24) is 14.7 Å². The van der Waals surface area contributed by atoms with Crippen molar-refractivity contribution in [1.29, 1.82) is 0 Å². The van der Waals surface area contributed by atoms with Crippen molar-refractivity contribution in [3.8, 4) is 0 Å². The van der Waals surface area contributed by atoms with Gasteiger partial charge >= 0.3 is 0 Å². The Morgan fingerprint density at radius 1 is 1.28 bits per heavy atom. The molecule has 1 N–H and O–H groups in total. The van der Waals surface area contributed by atoms with E-state index in [1.54, 1.807) is 16.5 Å². The Hall–Kier alpha value is -2.73. The van der Waals surface area contributed by atoms with Crippen LogP contribution < -0.4 is 0 Å². The number of amides is 1. The molecular formula is C19H20N4O2. The highest BCUT2D eigenvalue weighted by atomic mass is 16.3. The number of aliphatic imine (C=N–C) groups is 1. The zero-order valence-electron chi connectivity index (χ0n) is 14.3. The maximum atomic E-state index is 12.6. The summed E-state index contributed by atoms with van der Waals surface area (Å²) in [4.78, 5) is 18.8. The zero-order chi connectivity index (χ0) is 17.6. The van der Waals surface area contributed by atoms with Gasteiger partial charge in [-0.3, -0.25) is 14.5 Å². The summed E-state index contributed by atoms with van der Waals surface area (Å²) in [5.74, 6) is -0.00900. The SMILES string of the molecule is CC(O)c1cccc2c1CCN1C(=O)CN=C(c3ccn(C)n3)C=C21. The predicted molar refractivity (Wildman–Crippen MR) is 95.1 cm³/mol. The lowest BCUT2D eigenvalue weighted by Crippen LogP contribution is -2.36. The molecule has 25 heavy (non-hydrogen) atoms. The van der Waals surface area contributed by atoms with Gasteiger partial charge in [-0.2, -0.15) is 5.10 Å². The van der Waals surface area contributed by atoms with Crippen molar-refractivity contribution < 1.29 is 9.90 Å². The second-order valence-corrected chi connectivity index (χ2v) is 6.45. The van der Waals surface area contributed by atoms with Crippen molar-refractivity contribution in [2.24, 2.45) is 12.0 Å². The number of aliphatic hydroxyl groups is 1. The summed E-state index contributed by atoms with van der Waals surface area (Å²) in [5, 5.41) is 14.5. The molecular weight excluding hydrogens is 316 g/mol. The normalized spacial score (nSPS) is 18.0. The number of nitrogens with zero attached hydrogens (tertiary/aromatic N) is 4. The van der Waals surface area contributed by atoms with E-state index in [4.69, 9.17) is 0 Å². The Balaban J connectivity index is 1.87. The average molecular weight is 336 g/mol. The van der Waals surface area contributed by atoms with Crippen LogP contribution in [-0.4, -0.2) is 44.5 Å². The molecule has 3 heterocycles. The number of aromatic nitrogens is 2. The van der Waals surface area contributed by atoms with E-state index in [9.17, 15) is 9.90 Å². The smallest absolute Gasteiger partial charge is 0.248 e. The van der Waals surface area contributed by atoms with Crippen molar-refractivity contribution >= 4 is 17.3 Å². The third-order valence-electron chi connectivity index (χ3n) is 4.75. The van der Waals surface area contributed by atoms with Gasteiger partial charge in [-0.15, -0.1) is 0 Å². The predicted octanol–water partition coefficient (Wildman–Crippen LogP) is 1.70. The van der Waals surface area contributed by atoms with Crippen LogP contribution in [0.5, 0.6) is 0 Å². The van der Waals surface area contributed by atoms with E-state index < -0.39 is 6.10 Å². The van der Waals surface area contributed by atoms with E-state index in [2.05, 4.69) is 10.1 Å². The van der Waals surface area contributed by atoms with Crippen LogP contribution in [0.15, 0.2) is 41.5 Å². The molecule has 0 saturated carbocycles. The van der Waals surface area contributed by atoms with Gasteiger partial charge in [0.15, 0.2) is 0 Å². The Kier molecular flexibility index (Phi) is 3.77. The quantitative estimate of drug-likeness (QED) is 0.907. The maximum absolute atomic E-state index is 12.6. The van der Waals surface area contributed by atoms with Crippen LogP contribution >= 0.6 is 0 Å². The number of hydrogen-bond acceptors (Lipinski definition) is 4. The largest absolute Gasteiger partial charge is 0.389 e. The molecule has 1 amide bonds. The molecule has 0 aliphatic carbocycles. The Morgan fingerprint density at radius 2 is 2.12 bits per heavy atom. The molecule has 2 aliphatic heterocycles. The monoisotopic (exact) mass is 336 g/mol. The van der Waals surface area contributed by atoms with Gasteiger partial charge in [0, 0.05) is 25.4 Å². The molecule has 2 aliphatic rings. The number of carbonyl (C=O) groups excluding carboxylic acids is 1. The average Bonchev–Trinajstić information content (AvgIpc) is 2.95. The Morgan fingerprint density at radius 3 is 2.84 bits per heavy atom. The van der Waals surface area contributed by atoms with Gasteiger partial charge in [0.25, 0.3) is 0 Å². The molecule has 1 unspecified atom stereocenters. The standard InChI is InChI=1S/C19H20N4O2/c1-12(24)13-4-3-5-15-14(13)6-9-23-18(15)10-17(20-11-19(23)25)16-7-8-22(2)21-16/h3-5,7-8,10,12,24H,6,9,11H2,1-2H3.